The van der Waals surface area contributed by atoms with Gasteiger partial charge < -0.3 is 10.6 Å². The van der Waals surface area contributed by atoms with Crippen molar-refractivity contribution in [3.8, 4) is 0 Å². The van der Waals surface area contributed by atoms with Crippen LogP contribution in [-0.2, 0) is 4.79 Å². The van der Waals surface area contributed by atoms with E-state index in [1.807, 2.05) is 4.90 Å². The maximum Gasteiger partial charge on any atom is 0.223 e. The largest absolute Gasteiger partial charge is 0.336 e. The minimum Gasteiger partial charge on any atom is -0.336 e. The fourth-order valence-corrected chi connectivity index (χ4v) is 1.66. The Morgan fingerprint density at radius 1 is 1.67 bits per heavy atom. The smallest absolute Gasteiger partial charge is 0.223 e. The van der Waals surface area contributed by atoms with Gasteiger partial charge in [0.2, 0.25) is 5.91 Å². The standard InChI is InChI=1S/C9H18N2O/c1-3-9(2,7-10)11-6-4-5-8(11)12/h3-7,10H2,1-2H3. The summed E-state index contributed by atoms with van der Waals surface area (Å²) in [7, 11) is 0. The summed E-state index contributed by atoms with van der Waals surface area (Å²) in [4.78, 5) is 13.3. The molecular weight excluding hydrogens is 152 g/mol. The summed E-state index contributed by atoms with van der Waals surface area (Å²) in [6.45, 7) is 5.60. The van der Waals surface area contributed by atoms with E-state index in [-0.39, 0.29) is 11.4 Å². The molecule has 1 atom stereocenters. The van der Waals surface area contributed by atoms with Crippen LogP contribution in [0.4, 0.5) is 0 Å². The summed E-state index contributed by atoms with van der Waals surface area (Å²) in [5, 5.41) is 0. The lowest BCUT2D eigenvalue weighted by Gasteiger charge is -2.37. The van der Waals surface area contributed by atoms with E-state index in [1.165, 1.54) is 0 Å². The summed E-state index contributed by atoms with van der Waals surface area (Å²) >= 11 is 0. The molecule has 1 aliphatic heterocycles. The van der Waals surface area contributed by atoms with Gasteiger partial charge in [0, 0.05) is 19.5 Å². The average Bonchev–Trinajstić information content (AvgIpc) is 2.51. The van der Waals surface area contributed by atoms with Gasteiger partial charge in [0.25, 0.3) is 0 Å². The zero-order chi connectivity index (χ0) is 9.19. The number of likely N-dealkylation sites (tertiary alicyclic amines) is 1. The third kappa shape index (κ3) is 1.46. The monoisotopic (exact) mass is 170 g/mol. The van der Waals surface area contributed by atoms with Crippen molar-refractivity contribution in [2.24, 2.45) is 5.73 Å². The molecule has 1 heterocycles. The lowest BCUT2D eigenvalue weighted by atomic mass is 9.97. The lowest BCUT2D eigenvalue weighted by molar-refractivity contribution is -0.132. The molecule has 0 saturated carbocycles. The lowest BCUT2D eigenvalue weighted by Crippen LogP contribution is -2.51. The zero-order valence-electron chi connectivity index (χ0n) is 7.97. The van der Waals surface area contributed by atoms with Gasteiger partial charge >= 0.3 is 0 Å². The number of carbonyl (C=O) groups is 1. The summed E-state index contributed by atoms with van der Waals surface area (Å²) < 4.78 is 0. The van der Waals surface area contributed by atoms with Gasteiger partial charge in [0.05, 0.1) is 5.54 Å². The number of nitrogens with zero attached hydrogens (tertiary/aromatic N) is 1. The van der Waals surface area contributed by atoms with Gasteiger partial charge in [-0.25, -0.2) is 0 Å². The van der Waals surface area contributed by atoms with Gasteiger partial charge in [-0.3, -0.25) is 4.79 Å². The fourth-order valence-electron chi connectivity index (χ4n) is 1.66. The van der Waals surface area contributed by atoms with Crippen LogP contribution in [0.25, 0.3) is 0 Å². The molecule has 12 heavy (non-hydrogen) atoms. The van der Waals surface area contributed by atoms with Gasteiger partial charge in [-0.2, -0.15) is 0 Å². The molecule has 1 fully saturated rings. The molecule has 1 saturated heterocycles. The molecule has 3 heteroatoms. The second-order valence-electron chi connectivity index (χ2n) is 3.70. The van der Waals surface area contributed by atoms with Gasteiger partial charge in [0.15, 0.2) is 0 Å². The Morgan fingerprint density at radius 2 is 2.33 bits per heavy atom. The second kappa shape index (κ2) is 3.44. The van der Waals surface area contributed by atoms with Crippen molar-refractivity contribution in [3.05, 3.63) is 0 Å². The Balaban J connectivity index is 2.71. The zero-order valence-corrected chi connectivity index (χ0v) is 7.97. The van der Waals surface area contributed by atoms with Crippen LogP contribution in [-0.4, -0.2) is 29.4 Å². The maximum absolute atomic E-state index is 11.4. The van der Waals surface area contributed by atoms with E-state index < -0.39 is 0 Å². The summed E-state index contributed by atoms with van der Waals surface area (Å²) in [6.07, 6.45) is 2.64. The Kier molecular flexibility index (Phi) is 2.73. The van der Waals surface area contributed by atoms with Crippen molar-refractivity contribution >= 4 is 5.91 Å². The summed E-state index contributed by atoms with van der Waals surface area (Å²) in [5.74, 6) is 0.268. The molecule has 0 radical (unpaired) electrons. The van der Waals surface area contributed by atoms with Gasteiger partial charge in [-0.05, 0) is 19.8 Å². The Bertz CT molecular complexity index is 175. The van der Waals surface area contributed by atoms with E-state index in [1.54, 1.807) is 0 Å². The number of hydrogen-bond donors (Lipinski definition) is 1. The molecule has 0 spiro atoms. The van der Waals surface area contributed by atoms with Crippen LogP contribution in [0.15, 0.2) is 0 Å². The SMILES string of the molecule is CCC(C)(CN)N1CCCC1=O. The number of rotatable bonds is 3. The van der Waals surface area contributed by atoms with E-state index in [2.05, 4.69) is 13.8 Å². The normalized spacial score (nSPS) is 22.9. The van der Waals surface area contributed by atoms with Gasteiger partial charge in [-0.15, -0.1) is 0 Å². The van der Waals surface area contributed by atoms with E-state index >= 15 is 0 Å². The molecule has 0 bridgehead atoms. The molecule has 3 nitrogen and oxygen atoms in total. The first-order valence-electron chi connectivity index (χ1n) is 4.64. The molecule has 1 rings (SSSR count). The van der Waals surface area contributed by atoms with Crippen LogP contribution in [0.2, 0.25) is 0 Å². The molecule has 1 unspecified atom stereocenters. The highest BCUT2D eigenvalue weighted by atomic mass is 16.2. The first-order chi connectivity index (χ1) is 5.64. The van der Waals surface area contributed by atoms with Crippen molar-refractivity contribution in [3.63, 3.8) is 0 Å². The van der Waals surface area contributed by atoms with Crippen molar-refractivity contribution in [2.75, 3.05) is 13.1 Å². The first-order valence-corrected chi connectivity index (χ1v) is 4.64. The molecule has 70 valence electrons. The Morgan fingerprint density at radius 3 is 2.67 bits per heavy atom. The number of amides is 1. The van der Waals surface area contributed by atoms with Crippen LogP contribution in [0, 0.1) is 0 Å². The van der Waals surface area contributed by atoms with Crippen LogP contribution < -0.4 is 5.73 Å². The fraction of sp³-hybridized carbons (Fsp3) is 0.889. The minimum atomic E-state index is -0.104. The van der Waals surface area contributed by atoms with Crippen molar-refractivity contribution in [2.45, 2.75) is 38.6 Å². The topological polar surface area (TPSA) is 46.3 Å². The number of nitrogens with two attached hydrogens (primary N) is 1. The van der Waals surface area contributed by atoms with Crippen LogP contribution in [0.1, 0.15) is 33.1 Å². The molecule has 1 aliphatic rings. The number of carbonyl (C=O) groups excluding carboxylic acids is 1. The molecule has 0 aromatic heterocycles. The first kappa shape index (κ1) is 9.52. The maximum atomic E-state index is 11.4. The second-order valence-corrected chi connectivity index (χ2v) is 3.70. The highest BCUT2D eigenvalue weighted by Crippen LogP contribution is 2.24. The summed E-state index contributed by atoms with van der Waals surface area (Å²) in [6, 6.07) is 0. The van der Waals surface area contributed by atoms with Gasteiger partial charge in [-0.1, -0.05) is 6.92 Å². The van der Waals surface area contributed by atoms with Crippen LogP contribution in [0.5, 0.6) is 0 Å². The van der Waals surface area contributed by atoms with Crippen molar-refractivity contribution < 1.29 is 4.79 Å². The van der Waals surface area contributed by atoms with Crippen molar-refractivity contribution in [1.29, 1.82) is 0 Å². The Hall–Kier alpha value is -0.570. The highest BCUT2D eigenvalue weighted by molar-refractivity contribution is 5.79. The van der Waals surface area contributed by atoms with E-state index in [9.17, 15) is 4.79 Å². The third-order valence-electron chi connectivity index (χ3n) is 2.93. The number of hydrogen-bond acceptors (Lipinski definition) is 2. The summed E-state index contributed by atoms with van der Waals surface area (Å²) in [5.41, 5.74) is 5.56. The predicted molar refractivity (Wildman–Crippen MR) is 48.7 cm³/mol. The van der Waals surface area contributed by atoms with Gasteiger partial charge in [0.1, 0.15) is 0 Å². The molecule has 1 amide bonds. The average molecular weight is 170 g/mol. The Labute approximate surface area is 73.9 Å². The van der Waals surface area contributed by atoms with Crippen molar-refractivity contribution in [1.82, 2.24) is 4.90 Å². The minimum absolute atomic E-state index is 0.104. The molecular formula is C9H18N2O. The van der Waals surface area contributed by atoms with Crippen LogP contribution in [0.3, 0.4) is 0 Å². The van der Waals surface area contributed by atoms with E-state index in [0.29, 0.717) is 13.0 Å². The van der Waals surface area contributed by atoms with E-state index in [0.717, 1.165) is 19.4 Å². The quantitative estimate of drug-likeness (QED) is 0.679. The third-order valence-corrected chi connectivity index (χ3v) is 2.93. The van der Waals surface area contributed by atoms with Crippen LogP contribution >= 0.6 is 0 Å². The highest BCUT2D eigenvalue weighted by Gasteiger charge is 2.34. The van der Waals surface area contributed by atoms with E-state index in [4.69, 9.17) is 5.73 Å². The predicted octanol–water partition coefficient (Wildman–Crippen LogP) is 0.736. The molecule has 2 N–H and O–H groups in total. The molecule has 0 aromatic carbocycles. The molecule has 0 aromatic rings. The molecule has 0 aliphatic carbocycles.